The van der Waals surface area contributed by atoms with E-state index < -0.39 is 5.97 Å². The third-order valence-corrected chi connectivity index (χ3v) is 3.67. The molecule has 0 unspecified atom stereocenters. The van der Waals surface area contributed by atoms with E-state index in [1.165, 1.54) is 0 Å². The van der Waals surface area contributed by atoms with Gasteiger partial charge in [0, 0.05) is 22.0 Å². The highest BCUT2D eigenvalue weighted by Gasteiger charge is 2.23. The molecular weight excluding hydrogens is 383 g/mol. The Balaban J connectivity index is 2.28. The van der Waals surface area contributed by atoms with Crippen LogP contribution in [0.3, 0.4) is 0 Å². The van der Waals surface area contributed by atoms with Crippen molar-refractivity contribution in [2.45, 2.75) is 26.7 Å². The minimum absolute atomic E-state index is 0.0549. The fourth-order valence-electron chi connectivity index (χ4n) is 2.20. The summed E-state index contributed by atoms with van der Waals surface area (Å²) in [5, 5.41) is 7.39. The van der Waals surface area contributed by atoms with E-state index in [1.807, 2.05) is 0 Å². The number of H-pyrrole nitrogens is 1. The van der Waals surface area contributed by atoms with Gasteiger partial charge in [-0.15, -0.1) is 0 Å². The molecule has 0 spiro atoms. The molecule has 0 aliphatic heterocycles. The molecule has 0 radical (unpaired) electrons. The third kappa shape index (κ3) is 5.37. The summed E-state index contributed by atoms with van der Waals surface area (Å²) in [5.74, 6) is -0.434. The Kier molecular flexibility index (Phi) is 7.29. The van der Waals surface area contributed by atoms with E-state index in [9.17, 15) is 9.59 Å². The van der Waals surface area contributed by atoms with Crippen molar-refractivity contribution in [1.82, 2.24) is 10.2 Å². The van der Waals surface area contributed by atoms with Crippen molar-refractivity contribution >= 4 is 35.1 Å². The van der Waals surface area contributed by atoms with E-state index in [4.69, 9.17) is 37.4 Å². The van der Waals surface area contributed by atoms with E-state index in [0.717, 1.165) is 0 Å². The number of nitrogens with zero attached hydrogens (tertiary/aromatic N) is 1. The summed E-state index contributed by atoms with van der Waals surface area (Å²) in [4.78, 5) is 23.8. The van der Waals surface area contributed by atoms with Gasteiger partial charge in [0.05, 0.1) is 13.2 Å². The summed E-state index contributed by atoms with van der Waals surface area (Å²) in [6, 6.07) is 4.69. The van der Waals surface area contributed by atoms with Crippen molar-refractivity contribution < 1.29 is 23.8 Å². The lowest BCUT2D eigenvalue weighted by Gasteiger charge is -2.08. The number of hydrogen-bond acceptors (Lipinski definition) is 6. The van der Waals surface area contributed by atoms with Gasteiger partial charge in [-0.2, -0.15) is 5.10 Å². The van der Waals surface area contributed by atoms with Crippen LogP contribution in [0.15, 0.2) is 18.2 Å². The maximum Gasteiger partial charge on any atom is 0.359 e. The molecule has 0 aliphatic carbocycles. The SMILES string of the molecule is CCOC(=O)CCc1c(C(=O)OCC)n[nH]c1Oc1cc(Cl)cc(Cl)c1. The standard InChI is InChI=1S/C17H18Cl2N2O5/c1-3-24-14(22)6-5-13-15(17(23)25-4-2)20-21-16(13)26-12-8-10(18)7-11(19)9-12/h7-9H,3-6H2,1-2H3,(H,20,21). The highest BCUT2D eigenvalue weighted by Crippen LogP contribution is 2.31. The molecule has 1 aromatic heterocycles. The van der Waals surface area contributed by atoms with E-state index in [-0.39, 0.29) is 43.6 Å². The average Bonchev–Trinajstić information content (AvgIpc) is 2.95. The van der Waals surface area contributed by atoms with Crippen LogP contribution < -0.4 is 4.74 Å². The number of ether oxygens (including phenoxy) is 3. The summed E-state index contributed by atoms with van der Waals surface area (Å²) in [6.45, 7) is 3.88. The molecule has 140 valence electrons. The molecule has 0 fully saturated rings. The lowest BCUT2D eigenvalue weighted by molar-refractivity contribution is -0.143. The molecule has 0 atom stereocenters. The van der Waals surface area contributed by atoms with Crippen molar-refractivity contribution in [3.8, 4) is 11.6 Å². The first-order valence-electron chi connectivity index (χ1n) is 7.98. The van der Waals surface area contributed by atoms with Gasteiger partial charge in [-0.05, 0) is 38.5 Å². The maximum absolute atomic E-state index is 12.1. The zero-order chi connectivity index (χ0) is 19.1. The van der Waals surface area contributed by atoms with Gasteiger partial charge in [-0.25, -0.2) is 9.89 Å². The number of rotatable bonds is 8. The van der Waals surface area contributed by atoms with Crippen molar-refractivity contribution in [1.29, 1.82) is 0 Å². The largest absolute Gasteiger partial charge is 0.466 e. The van der Waals surface area contributed by atoms with Crippen LogP contribution >= 0.6 is 23.2 Å². The molecule has 0 amide bonds. The Morgan fingerprint density at radius 3 is 2.35 bits per heavy atom. The monoisotopic (exact) mass is 400 g/mol. The quantitative estimate of drug-likeness (QED) is 0.668. The van der Waals surface area contributed by atoms with Crippen molar-refractivity contribution in [2.24, 2.45) is 0 Å². The van der Waals surface area contributed by atoms with Gasteiger partial charge < -0.3 is 14.2 Å². The summed E-state index contributed by atoms with van der Waals surface area (Å²) in [7, 11) is 0. The molecule has 2 rings (SSSR count). The number of esters is 2. The second kappa shape index (κ2) is 9.45. The first kappa shape index (κ1) is 20.1. The van der Waals surface area contributed by atoms with E-state index in [0.29, 0.717) is 21.4 Å². The van der Waals surface area contributed by atoms with Crippen LogP contribution in [0, 0.1) is 0 Å². The molecule has 7 nitrogen and oxygen atoms in total. The minimum atomic E-state index is -0.610. The summed E-state index contributed by atoms with van der Waals surface area (Å²) in [5.41, 5.74) is 0.465. The Morgan fingerprint density at radius 1 is 1.08 bits per heavy atom. The first-order valence-corrected chi connectivity index (χ1v) is 8.74. The molecule has 0 bridgehead atoms. The Hall–Kier alpha value is -2.25. The van der Waals surface area contributed by atoms with Gasteiger partial charge in [0.1, 0.15) is 5.75 Å². The number of aromatic amines is 1. The Morgan fingerprint density at radius 2 is 1.73 bits per heavy atom. The molecule has 26 heavy (non-hydrogen) atoms. The molecule has 1 heterocycles. The lowest BCUT2D eigenvalue weighted by Crippen LogP contribution is -2.10. The average molecular weight is 401 g/mol. The van der Waals surface area contributed by atoms with E-state index >= 15 is 0 Å². The maximum atomic E-state index is 12.1. The van der Waals surface area contributed by atoms with Crippen LogP contribution in [0.5, 0.6) is 11.6 Å². The minimum Gasteiger partial charge on any atom is -0.466 e. The molecule has 0 saturated carbocycles. The Labute approximate surface area is 160 Å². The number of nitrogens with one attached hydrogen (secondary N) is 1. The molecule has 1 N–H and O–H groups in total. The highest BCUT2D eigenvalue weighted by atomic mass is 35.5. The van der Waals surface area contributed by atoms with E-state index in [1.54, 1.807) is 32.0 Å². The number of carbonyl (C=O) groups is 2. The molecule has 0 aliphatic rings. The van der Waals surface area contributed by atoms with Crippen LogP contribution in [-0.4, -0.2) is 35.3 Å². The van der Waals surface area contributed by atoms with Gasteiger partial charge in [-0.3, -0.25) is 4.79 Å². The lowest BCUT2D eigenvalue weighted by atomic mass is 10.1. The smallest absolute Gasteiger partial charge is 0.359 e. The summed E-state index contributed by atoms with van der Waals surface area (Å²) >= 11 is 11.9. The number of benzene rings is 1. The van der Waals surface area contributed by atoms with Gasteiger partial charge in [-0.1, -0.05) is 23.2 Å². The van der Waals surface area contributed by atoms with Crippen LogP contribution in [-0.2, 0) is 20.7 Å². The number of carbonyl (C=O) groups excluding carboxylic acids is 2. The highest BCUT2D eigenvalue weighted by molar-refractivity contribution is 6.34. The van der Waals surface area contributed by atoms with E-state index in [2.05, 4.69) is 10.2 Å². The zero-order valence-electron chi connectivity index (χ0n) is 14.3. The van der Waals surface area contributed by atoms with Gasteiger partial charge in [0.15, 0.2) is 5.69 Å². The second-order valence-electron chi connectivity index (χ2n) is 5.11. The topological polar surface area (TPSA) is 90.5 Å². The van der Waals surface area contributed by atoms with Crippen molar-refractivity contribution in [3.63, 3.8) is 0 Å². The van der Waals surface area contributed by atoms with Gasteiger partial charge in [0.2, 0.25) is 5.88 Å². The van der Waals surface area contributed by atoms with Gasteiger partial charge >= 0.3 is 11.9 Å². The fourth-order valence-corrected chi connectivity index (χ4v) is 2.71. The molecule has 0 saturated heterocycles. The third-order valence-electron chi connectivity index (χ3n) is 3.24. The van der Waals surface area contributed by atoms with Crippen LogP contribution in [0.1, 0.15) is 36.3 Å². The second-order valence-corrected chi connectivity index (χ2v) is 5.99. The van der Waals surface area contributed by atoms with Crippen LogP contribution in [0.4, 0.5) is 0 Å². The molecular formula is C17H18Cl2N2O5. The zero-order valence-corrected chi connectivity index (χ0v) is 15.8. The van der Waals surface area contributed by atoms with Crippen LogP contribution in [0.2, 0.25) is 10.0 Å². The first-order chi connectivity index (χ1) is 12.4. The Bertz CT molecular complexity index is 771. The normalized spacial score (nSPS) is 10.5. The predicted molar refractivity (Wildman–Crippen MR) is 96.0 cm³/mol. The number of aromatic nitrogens is 2. The van der Waals surface area contributed by atoms with Crippen molar-refractivity contribution in [3.05, 3.63) is 39.5 Å². The predicted octanol–water partition coefficient (Wildman–Crippen LogP) is 4.18. The molecule has 1 aromatic carbocycles. The van der Waals surface area contributed by atoms with Crippen molar-refractivity contribution in [2.75, 3.05) is 13.2 Å². The van der Waals surface area contributed by atoms with Gasteiger partial charge in [0.25, 0.3) is 0 Å². The fraction of sp³-hybridized carbons (Fsp3) is 0.353. The van der Waals surface area contributed by atoms with Crippen LogP contribution in [0.25, 0.3) is 0 Å². The molecule has 9 heteroatoms. The summed E-state index contributed by atoms with van der Waals surface area (Å²) < 4.78 is 15.6. The summed E-state index contributed by atoms with van der Waals surface area (Å²) in [6.07, 6.45) is 0.250. The number of hydrogen-bond donors (Lipinski definition) is 1. The molecule has 2 aromatic rings. The number of halogens is 2.